The van der Waals surface area contributed by atoms with E-state index in [0.717, 1.165) is 27.8 Å². The molecule has 3 aromatic rings. The van der Waals surface area contributed by atoms with E-state index >= 15 is 0 Å². The molecule has 0 radical (unpaired) electrons. The summed E-state index contributed by atoms with van der Waals surface area (Å²) in [6.45, 7) is 5.25. The summed E-state index contributed by atoms with van der Waals surface area (Å²) in [5.74, 6) is 0.0674. The van der Waals surface area contributed by atoms with Gasteiger partial charge in [-0.15, -0.1) is 0 Å². The summed E-state index contributed by atoms with van der Waals surface area (Å²) in [5, 5.41) is 0. The first-order valence-electron chi connectivity index (χ1n) is 9.24. The second-order valence-electron chi connectivity index (χ2n) is 6.86. The van der Waals surface area contributed by atoms with Crippen LogP contribution in [0.2, 0.25) is 0 Å². The quantitative estimate of drug-likeness (QED) is 0.552. The second-order valence-corrected chi connectivity index (χ2v) is 6.86. The van der Waals surface area contributed by atoms with Crippen molar-refractivity contribution in [2.45, 2.75) is 20.4 Å². The number of benzene rings is 3. The monoisotopic (exact) mass is 355 g/mol. The molecule has 0 N–H and O–H groups in total. The van der Waals surface area contributed by atoms with E-state index in [1.807, 2.05) is 72.5 Å². The van der Waals surface area contributed by atoms with Crippen molar-refractivity contribution in [2.75, 3.05) is 6.54 Å². The van der Waals surface area contributed by atoms with Crippen LogP contribution in [0.1, 0.15) is 34.0 Å². The van der Waals surface area contributed by atoms with Crippen LogP contribution in [0.15, 0.2) is 90.5 Å². The van der Waals surface area contributed by atoms with E-state index in [0.29, 0.717) is 13.1 Å². The lowest BCUT2D eigenvalue weighted by atomic mass is 10.1. The highest BCUT2D eigenvalue weighted by molar-refractivity contribution is 5.95. The van der Waals surface area contributed by atoms with E-state index in [4.69, 9.17) is 0 Å². The molecule has 3 aromatic carbocycles. The molecule has 0 aliphatic carbocycles. The third-order valence-electron chi connectivity index (χ3n) is 4.53. The standard InChI is InChI=1S/C25H25NO/c1-20(17-22-12-5-3-6-13-22)18-26(19-23-14-7-4-8-15-23)25(27)24-16-10-9-11-21(24)2/h3-17H,18-19H2,1-2H3/b20-17+. The molecule has 0 bridgehead atoms. The Morgan fingerprint density at radius 1 is 0.852 bits per heavy atom. The molecule has 136 valence electrons. The van der Waals surface area contributed by atoms with Gasteiger partial charge in [-0.2, -0.15) is 0 Å². The molecule has 2 heteroatoms. The Bertz CT molecular complexity index is 913. The molecule has 0 saturated heterocycles. The molecule has 0 unspecified atom stereocenters. The highest BCUT2D eigenvalue weighted by Gasteiger charge is 2.18. The van der Waals surface area contributed by atoms with Crippen LogP contribution in [0.25, 0.3) is 6.08 Å². The van der Waals surface area contributed by atoms with Crippen LogP contribution in [-0.2, 0) is 6.54 Å². The van der Waals surface area contributed by atoms with Gasteiger partial charge in [0.05, 0.1) is 0 Å². The predicted octanol–water partition coefficient (Wildman–Crippen LogP) is 5.74. The van der Waals surface area contributed by atoms with Crippen LogP contribution in [0.5, 0.6) is 0 Å². The van der Waals surface area contributed by atoms with Crippen LogP contribution >= 0.6 is 0 Å². The first-order valence-corrected chi connectivity index (χ1v) is 9.24. The first kappa shape index (κ1) is 18.7. The van der Waals surface area contributed by atoms with Gasteiger partial charge in [0.2, 0.25) is 0 Å². The highest BCUT2D eigenvalue weighted by atomic mass is 16.2. The van der Waals surface area contributed by atoms with Crippen molar-refractivity contribution in [3.8, 4) is 0 Å². The number of rotatable bonds is 6. The summed E-state index contributed by atoms with van der Waals surface area (Å²) in [4.78, 5) is 15.2. The fraction of sp³-hybridized carbons (Fsp3) is 0.160. The van der Waals surface area contributed by atoms with Crippen molar-refractivity contribution >= 4 is 12.0 Å². The predicted molar refractivity (Wildman–Crippen MR) is 112 cm³/mol. The minimum Gasteiger partial charge on any atom is -0.330 e. The Kier molecular flexibility index (Phi) is 6.22. The zero-order chi connectivity index (χ0) is 19.1. The van der Waals surface area contributed by atoms with E-state index in [9.17, 15) is 4.79 Å². The lowest BCUT2D eigenvalue weighted by Crippen LogP contribution is -2.32. The van der Waals surface area contributed by atoms with Crippen LogP contribution in [0.4, 0.5) is 0 Å². The summed E-state index contributed by atoms with van der Waals surface area (Å²) >= 11 is 0. The minimum atomic E-state index is 0.0674. The second kappa shape index (κ2) is 9.00. The maximum absolute atomic E-state index is 13.3. The lowest BCUT2D eigenvalue weighted by molar-refractivity contribution is 0.0758. The summed E-state index contributed by atoms with van der Waals surface area (Å²) in [7, 11) is 0. The minimum absolute atomic E-state index is 0.0674. The van der Waals surface area contributed by atoms with E-state index in [1.165, 1.54) is 0 Å². The number of carbonyl (C=O) groups is 1. The molecule has 0 aliphatic heterocycles. The van der Waals surface area contributed by atoms with Crippen molar-refractivity contribution in [3.63, 3.8) is 0 Å². The van der Waals surface area contributed by atoms with Gasteiger partial charge in [-0.1, -0.05) is 90.5 Å². The van der Waals surface area contributed by atoms with Crippen molar-refractivity contribution in [1.29, 1.82) is 0 Å². The van der Waals surface area contributed by atoms with Gasteiger partial charge >= 0.3 is 0 Å². The lowest BCUT2D eigenvalue weighted by Gasteiger charge is -2.24. The number of hydrogen-bond acceptors (Lipinski definition) is 1. The maximum atomic E-state index is 13.3. The maximum Gasteiger partial charge on any atom is 0.254 e. The Balaban J connectivity index is 1.86. The van der Waals surface area contributed by atoms with E-state index in [2.05, 4.69) is 37.3 Å². The first-order chi connectivity index (χ1) is 13.1. The van der Waals surface area contributed by atoms with Crippen molar-refractivity contribution in [3.05, 3.63) is 113 Å². The Labute approximate surface area is 161 Å². The molecule has 0 fully saturated rings. The molecule has 3 rings (SSSR count). The van der Waals surface area contributed by atoms with Crippen LogP contribution in [-0.4, -0.2) is 17.4 Å². The fourth-order valence-corrected chi connectivity index (χ4v) is 3.17. The average molecular weight is 355 g/mol. The zero-order valence-corrected chi connectivity index (χ0v) is 15.9. The molecular formula is C25H25NO. The molecule has 0 saturated carbocycles. The Morgan fingerprint density at radius 2 is 1.44 bits per heavy atom. The van der Waals surface area contributed by atoms with Gasteiger partial charge < -0.3 is 4.90 Å². The van der Waals surface area contributed by atoms with E-state index < -0.39 is 0 Å². The van der Waals surface area contributed by atoms with Crippen molar-refractivity contribution < 1.29 is 4.79 Å². The Hall–Kier alpha value is -3.13. The number of aryl methyl sites for hydroxylation is 1. The van der Waals surface area contributed by atoms with Gasteiger partial charge in [0.1, 0.15) is 0 Å². The summed E-state index contributed by atoms with van der Waals surface area (Å²) in [5.41, 5.74) is 5.20. The largest absolute Gasteiger partial charge is 0.330 e. The topological polar surface area (TPSA) is 20.3 Å². The van der Waals surface area contributed by atoms with Crippen LogP contribution in [0.3, 0.4) is 0 Å². The van der Waals surface area contributed by atoms with Crippen LogP contribution < -0.4 is 0 Å². The number of nitrogens with zero attached hydrogens (tertiary/aromatic N) is 1. The van der Waals surface area contributed by atoms with Gasteiger partial charge in [-0.05, 0) is 36.6 Å². The average Bonchev–Trinajstić information content (AvgIpc) is 2.69. The summed E-state index contributed by atoms with van der Waals surface area (Å²) in [6.07, 6.45) is 2.14. The molecule has 2 nitrogen and oxygen atoms in total. The Morgan fingerprint density at radius 3 is 2.11 bits per heavy atom. The van der Waals surface area contributed by atoms with Crippen molar-refractivity contribution in [2.24, 2.45) is 0 Å². The summed E-state index contributed by atoms with van der Waals surface area (Å²) < 4.78 is 0. The third-order valence-corrected chi connectivity index (χ3v) is 4.53. The summed E-state index contributed by atoms with van der Waals surface area (Å²) in [6, 6.07) is 28.2. The smallest absolute Gasteiger partial charge is 0.254 e. The molecular weight excluding hydrogens is 330 g/mol. The number of amides is 1. The third kappa shape index (κ3) is 5.18. The van der Waals surface area contributed by atoms with Gasteiger partial charge in [-0.25, -0.2) is 0 Å². The SMILES string of the molecule is C/C(=C\c1ccccc1)CN(Cc1ccccc1)C(=O)c1ccccc1C. The van der Waals surface area contributed by atoms with Crippen LogP contribution in [0, 0.1) is 6.92 Å². The molecule has 0 aliphatic rings. The number of hydrogen-bond donors (Lipinski definition) is 0. The molecule has 0 heterocycles. The molecule has 1 amide bonds. The van der Waals surface area contributed by atoms with Gasteiger partial charge in [0.25, 0.3) is 5.91 Å². The fourth-order valence-electron chi connectivity index (χ4n) is 3.17. The van der Waals surface area contributed by atoms with E-state index in [-0.39, 0.29) is 5.91 Å². The zero-order valence-electron chi connectivity index (χ0n) is 15.9. The molecule has 0 atom stereocenters. The molecule has 27 heavy (non-hydrogen) atoms. The van der Waals surface area contributed by atoms with Crippen molar-refractivity contribution in [1.82, 2.24) is 4.90 Å². The normalized spacial score (nSPS) is 11.3. The van der Waals surface area contributed by atoms with Gasteiger partial charge in [0.15, 0.2) is 0 Å². The molecule has 0 spiro atoms. The molecule has 0 aromatic heterocycles. The highest BCUT2D eigenvalue weighted by Crippen LogP contribution is 2.16. The van der Waals surface area contributed by atoms with E-state index in [1.54, 1.807) is 0 Å². The van der Waals surface area contributed by atoms with Gasteiger partial charge in [0, 0.05) is 18.7 Å². The van der Waals surface area contributed by atoms with Gasteiger partial charge in [-0.3, -0.25) is 4.79 Å². The number of carbonyl (C=O) groups excluding carboxylic acids is 1.